The van der Waals surface area contributed by atoms with E-state index in [2.05, 4.69) is 45.7 Å². The van der Waals surface area contributed by atoms with Gasteiger partial charge in [-0.2, -0.15) is 10.1 Å². The molecule has 3 aromatic rings. The zero-order valence-corrected chi connectivity index (χ0v) is 13.2. The molecule has 0 aliphatic carbocycles. The minimum Gasteiger partial charge on any atom is -0.339 e. The van der Waals surface area contributed by atoms with Crippen LogP contribution in [0.2, 0.25) is 0 Å². The molecule has 1 heterocycles. The fraction of sp³-hybridized carbons (Fsp3) is 0.167. The molecule has 2 aromatic carbocycles. The lowest BCUT2D eigenvalue weighted by Crippen LogP contribution is -2.03. The van der Waals surface area contributed by atoms with Crippen molar-refractivity contribution in [2.75, 3.05) is 10.6 Å². The minimum absolute atomic E-state index is 0.475. The molecule has 0 aliphatic rings. The highest BCUT2D eigenvalue weighted by molar-refractivity contribution is 5.61. The largest absolute Gasteiger partial charge is 0.339 e. The number of benzene rings is 2. The maximum atomic E-state index is 4.47. The van der Waals surface area contributed by atoms with E-state index in [4.69, 9.17) is 0 Å². The molecule has 0 spiro atoms. The lowest BCUT2D eigenvalue weighted by molar-refractivity contribution is 0.980. The molecule has 0 amide bonds. The summed E-state index contributed by atoms with van der Waals surface area (Å²) in [7, 11) is 0. The molecule has 0 bridgehead atoms. The Bertz CT molecular complexity index is 783. The van der Waals surface area contributed by atoms with Crippen molar-refractivity contribution in [3.8, 4) is 0 Å². The molecule has 0 saturated carbocycles. The Labute approximate surface area is 135 Å². The van der Waals surface area contributed by atoms with Crippen LogP contribution in [0.3, 0.4) is 0 Å². The molecular weight excluding hydrogens is 286 g/mol. The summed E-state index contributed by atoms with van der Waals surface area (Å²) in [6, 6.07) is 16.2. The highest BCUT2D eigenvalue weighted by Gasteiger charge is 2.04. The second-order valence-corrected chi connectivity index (χ2v) is 5.29. The quantitative estimate of drug-likeness (QED) is 0.738. The topological polar surface area (TPSA) is 62.7 Å². The van der Waals surface area contributed by atoms with Crippen molar-refractivity contribution in [1.29, 1.82) is 0 Å². The molecule has 0 atom stereocenters. The standard InChI is InChI=1S/C18H19N5/c1-3-14-6-4-5-7-16(14)21-18-22-17(12-19-23-18)20-15-10-8-13(2)9-11-15/h4-12H,3H2,1-2H3,(H2,20,21,22,23). The van der Waals surface area contributed by atoms with Crippen molar-refractivity contribution < 1.29 is 0 Å². The van der Waals surface area contributed by atoms with Crippen molar-refractivity contribution in [3.63, 3.8) is 0 Å². The highest BCUT2D eigenvalue weighted by Crippen LogP contribution is 2.20. The number of nitrogens with one attached hydrogen (secondary N) is 2. The Morgan fingerprint density at radius 1 is 0.957 bits per heavy atom. The van der Waals surface area contributed by atoms with E-state index in [-0.39, 0.29) is 0 Å². The third kappa shape index (κ3) is 3.83. The molecule has 116 valence electrons. The van der Waals surface area contributed by atoms with Crippen LogP contribution in [0.15, 0.2) is 54.7 Å². The Kier molecular flexibility index (Phi) is 4.47. The van der Waals surface area contributed by atoms with Crippen LogP contribution in [0.25, 0.3) is 0 Å². The van der Waals surface area contributed by atoms with Gasteiger partial charge in [0.25, 0.3) is 0 Å². The summed E-state index contributed by atoms with van der Waals surface area (Å²) in [5.41, 5.74) is 4.41. The van der Waals surface area contributed by atoms with Gasteiger partial charge in [-0.3, -0.25) is 0 Å². The molecule has 1 aromatic heterocycles. The smallest absolute Gasteiger partial charge is 0.249 e. The molecule has 0 fully saturated rings. The molecular formula is C18H19N5. The average Bonchev–Trinajstić information content (AvgIpc) is 2.58. The fourth-order valence-corrected chi connectivity index (χ4v) is 2.27. The molecule has 0 saturated heterocycles. The van der Waals surface area contributed by atoms with Crippen molar-refractivity contribution in [2.24, 2.45) is 0 Å². The first-order valence-electron chi connectivity index (χ1n) is 7.63. The van der Waals surface area contributed by atoms with Gasteiger partial charge < -0.3 is 10.6 Å². The third-order valence-corrected chi connectivity index (χ3v) is 3.53. The zero-order valence-electron chi connectivity index (χ0n) is 13.2. The average molecular weight is 305 g/mol. The Morgan fingerprint density at radius 2 is 1.74 bits per heavy atom. The molecule has 5 nitrogen and oxygen atoms in total. The van der Waals surface area contributed by atoms with E-state index in [1.165, 1.54) is 11.1 Å². The van der Waals surface area contributed by atoms with E-state index in [9.17, 15) is 0 Å². The maximum absolute atomic E-state index is 4.47. The first-order valence-corrected chi connectivity index (χ1v) is 7.63. The van der Waals surface area contributed by atoms with Gasteiger partial charge in [0, 0.05) is 11.4 Å². The van der Waals surface area contributed by atoms with E-state index in [1.807, 2.05) is 42.5 Å². The van der Waals surface area contributed by atoms with Crippen molar-refractivity contribution in [3.05, 3.63) is 65.9 Å². The Hall–Kier alpha value is -2.95. The van der Waals surface area contributed by atoms with Gasteiger partial charge in [0.1, 0.15) is 0 Å². The molecule has 3 rings (SSSR count). The second-order valence-electron chi connectivity index (χ2n) is 5.29. The number of para-hydroxylation sites is 1. The highest BCUT2D eigenvalue weighted by atomic mass is 15.3. The fourth-order valence-electron chi connectivity index (χ4n) is 2.27. The van der Waals surface area contributed by atoms with Crippen LogP contribution in [-0.2, 0) is 6.42 Å². The van der Waals surface area contributed by atoms with Gasteiger partial charge >= 0.3 is 0 Å². The summed E-state index contributed by atoms with van der Waals surface area (Å²) in [6.45, 7) is 4.18. The molecule has 0 radical (unpaired) electrons. The summed E-state index contributed by atoms with van der Waals surface area (Å²) in [4.78, 5) is 4.47. The van der Waals surface area contributed by atoms with E-state index in [0.29, 0.717) is 11.8 Å². The van der Waals surface area contributed by atoms with Gasteiger partial charge in [0.2, 0.25) is 5.95 Å². The molecule has 23 heavy (non-hydrogen) atoms. The van der Waals surface area contributed by atoms with Crippen LogP contribution in [0.4, 0.5) is 23.1 Å². The third-order valence-electron chi connectivity index (χ3n) is 3.53. The maximum Gasteiger partial charge on any atom is 0.249 e. The van der Waals surface area contributed by atoms with Crippen molar-refractivity contribution >= 4 is 23.1 Å². The van der Waals surface area contributed by atoms with Crippen LogP contribution in [0.1, 0.15) is 18.1 Å². The van der Waals surface area contributed by atoms with Gasteiger partial charge in [-0.1, -0.05) is 42.8 Å². The van der Waals surface area contributed by atoms with Gasteiger partial charge in [0.15, 0.2) is 5.82 Å². The monoisotopic (exact) mass is 305 g/mol. The second kappa shape index (κ2) is 6.87. The van der Waals surface area contributed by atoms with Gasteiger partial charge in [-0.15, -0.1) is 5.10 Å². The summed E-state index contributed by atoms with van der Waals surface area (Å²) in [5.74, 6) is 1.13. The number of anilines is 4. The minimum atomic E-state index is 0.475. The number of aryl methyl sites for hydroxylation is 2. The van der Waals surface area contributed by atoms with Crippen LogP contribution in [0, 0.1) is 6.92 Å². The first-order chi connectivity index (χ1) is 11.2. The number of hydrogen-bond acceptors (Lipinski definition) is 5. The normalized spacial score (nSPS) is 10.3. The van der Waals surface area contributed by atoms with Crippen LogP contribution in [-0.4, -0.2) is 15.2 Å². The van der Waals surface area contributed by atoms with Gasteiger partial charge in [0.05, 0.1) is 6.20 Å². The molecule has 5 heteroatoms. The van der Waals surface area contributed by atoms with Crippen LogP contribution in [0.5, 0.6) is 0 Å². The first kappa shape index (κ1) is 15.0. The van der Waals surface area contributed by atoms with E-state index >= 15 is 0 Å². The number of rotatable bonds is 5. The predicted octanol–water partition coefficient (Wildman–Crippen LogP) is 4.23. The zero-order chi connectivity index (χ0) is 16.1. The van der Waals surface area contributed by atoms with E-state index in [1.54, 1.807) is 6.20 Å². The summed E-state index contributed by atoms with van der Waals surface area (Å²) >= 11 is 0. The van der Waals surface area contributed by atoms with E-state index < -0.39 is 0 Å². The van der Waals surface area contributed by atoms with Crippen LogP contribution < -0.4 is 10.6 Å². The van der Waals surface area contributed by atoms with Crippen LogP contribution >= 0.6 is 0 Å². The van der Waals surface area contributed by atoms with Gasteiger partial charge in [-0.25, -0.2) is 0 Å². The number of aromatic nitrogens is 3. The molecule has 2 N–H and O–H groups in total. The number of hydrogen-bond donors (Lipinski definition) is 2. The Morgan fingerprint density at radius 3 is 2.52 bits per heavy atom. The Balaban J connectivity index is 1.78. The van der Waals surface area contributed by atoms with E-state index in [0.717, 1.165) is 17.8 Å². The summed E-state index contributed by atoms with van der Waals surface area (Å²) < 4.78 is 0. The lowest BCUT2D eigenvalue weighted by atomic mass is 10.1. The summed E-state index contributed by atoms with van der Waals surface area (Å²) in [5, 5.41) is 14.5. The summed E-state index contributed by atoms with van der Waals surface area (Å²) in [6.07, 6.45) is 2.55. The SMILES string of the molecule is CCc1ccccc1Nc1nncc(Nc2ccc(C)cc2)n1. The van der Waals surface area contributed by atoms with Crippen molar-refractivity contribution in [2.45, 2.75) is 20.3 Å². The van der Waals surface area contributed by atoms with Crippen molar-refractivity contribution in [1.82, 2.24) is 15.2 Å². The molecule has 0 unspecified atom stereocenters. The molecule has 0 aliphatic heterocycles. The van der Waals surface area contributed by atoms with Gasteiger partial charge in [-0.05, 0) is 37.1 Å². The predicted molar refractivity (Wildman–Crippen MR) is 93.4 cm³/mol. The number of nitrogens with zero attached hydrogens (tertiary/aromatic N) is 3. The lowest BCUT2D eigenvalue weighted by Gasteiger charge is -2.10.